The summed E-state index contributed by atoms with van der Waals surface area (Å²) in [5, 5.41) is 12.4. The average Bonchev–Trinajstić information content (AvgIpc) is 2.94. The Balaban J connectivity index is 1.94. The molecule has 2 amide bonds. The zero-order valence-electron chi connectivity index (χ0n) is 11.5. The van der Waals surface area contributed by atoms with Gasteiger partial charge in [-0.1, -0.05) is 0 Å². The van der Waals surface area contributed by atoms with Gasteiger partial charge in [-0.25, -0.2) is 0 Å². The Morgan fingerprint density at radius 1 is 1.57 bits per heavy atom. The number of rotatable bonds is 2. The summed E-state index contributed by atoms with van der Waals surface area (Å²) in [6.07, 6.45) is -0.430. The topological polar surface area (TPSA) is 95.7 Å². The molecule has 2 heterocycles. The molecule has 21 heavy (non-hydrogen) atoms. The number of hydrogen-bond donors (Lipinski definition) is 3. The van der Waals surface area contributed by atoms with Gasteiger partial charge in [0.25, 0.3) is 5.91 Å². The van der Waals surface area contributed by atoms with Crippen LogP contribution in [0.5, 0.6) is 0 Å². The molecule has 0 radical (unpaired) electrons. The molecule has 3 rings (SSSR count). The minimum atomic E-state index is -1.13. The van der Waals surface area contributed by atoms with Gasteiger partial charge in [-0.05, 0) is 41.4 Å². The highest BCUT2D eigenvalue weighted by Gasteiger charge is 2.40. The van der Waals surface area contributed by atoms with Crippen LogP contribution in [0.3, 0.4) is 0 Å². The zero-order valence-corrected chi connectivity index (χ0v) is 13.1. The maximum Gasteiger partial charge on any atom is 0.257 e. The van der Waals surface area contributed by atoms with Gasteiger partial charge in [0, 0.05) is 28.8 Å². The van der Waals surface area contributed by atoms with E-state index in [0.29, 0.717) is 30.8 Å². The van der Waals surface area contributed by atoms with Crippen molar-refractivity contribution in [2.75, 3.05) is 23.3 Å². The second-order valence-corrected chi connectivity index (χ2v) is 6.73. The first-order valence-corrected chi connectivity index (χ1v) is 7.48. The Labute approximate surface area is 130 Å². The first kappa shape index (κ1) is 14.3. The first-order chi connectivity index (χ1) is 9.82. The van der Waals surface area contributed by atoms with Crippen LogP contribution in [-0.4, -0.2) is 30.0 Å². The van der Waals surface area contributed by atoms with E-state index in [1.165, 1.54) is 0 Å². The normalized spacial score (nSPS) is 27.7. The summed E-state index contributed by atoms with van der Waals surface area (Å²) in [4.78, 5) is 25.1. The number of nitrogens with one attached hydrogen (secondary N) is 1. The minimum Gasteiger partial charge on any atom is -0.378 e. The lowest BCUT2D eigenvalue weighted by Crippen LogP contribution is -2.37. The van der Waals surface area contributed by atoms with Crippen molar-refractivity contribution in [1.82, 2.24) is 0 Å². The fourth-order valence-electron chi connectivity index (χ4n) is 2.86. The van der Waals surface area contributed by atoms with Crippen LogP contribution in [-0.2, 0) is 9.59 Å². The number of carbonyl (C=O) groups excluding carboxylic acids is 2. The number of aliphatic hydroxyl groups excluding tert-OH is 1. The highest BCUT2D eigenvalue weighted by atomic mass is 79.9. The largest absolute Gasteiger partial charge is 0.378 e. The molecule has 1 saturated heterocycles. The van der Waals surface area contributed by atoms with Crippen LogP contribution in [0, 0.1) is 5.41 Å². The number of nitrogens with two attached hydrogens (primary N) is 1. The summed E-state index contributed by atoms with van der Waals surface area (Å²) in [6.45, 7) is 3.12. The summed E-state index contributed by atoms with van der Waals surface area (Å²) in [7, 11) is 0. The quantitative estimate of drug-likeness (QED) is 0.742. The molecule has 2 atom stereocenters. The Kier molecular flexibility index (Phi) is 3.22. The Morgan fingerprint density at radius 3 is 2.90 bits per heavy atom. The smallest absolute Gasteiger partial charge is 0.257 e. The van der Waals surface area contributed by atoms with Crippen molar-refractivity contribution in [3.63, 3.8) is 0 Å². The number of anilines is 2. The monoisotopic (exact) mass is 353 g/mol. The van der Waals surface area contributed by atoms with Gasteiger partial charge >= 0.3 is 0 Å². The number of halogens is 1. The van der Waals surface area contributed by atoms with E-state index in [-0.39, 0.29) is 5.91 Å². The van der Waals surface area contributed by atoms with Crippen LogP contribution in [0.2, 0.25) is 0 Å². The molecule has 7 heteroatoms. The molecule has 112 valence electrons. The molecule has 2 unspecified atom stereocenters. The molecule has 0 aliphatic carbocycles. The van der Waals surface area contributed by atoms with Crippen LogP contribution in [0.25, 0.3) is 0 Å². The van der Waals surface area contributed by atoms with E-state index in [4.69, 9.17) is 5.73 Å². The van der Waals surface area contributed by atoms with Crippen molar-refractivity contribution in [2.45, 2.75) is 19.4 Å². The van der Waals surface area contributed by atoms with E-state index in [2.05, 4.69) is 26.1 Å². The second kappa shape index (κ2) is 4.71. The van der Waals surface area contributed by atoms with Gasteiger partial charge in [0.1, 0.15) is 0 Å². The molecule has 1 aromatic rings. The Morgan fingerprint density at radius 2 is 2.29 bits per heavy atom. The van der Waals surface area contributed by atoms with E-state index in [1.54, 1.807) is 6.07 Å². The van der Waals surface area contributed by atoms with Crippen molar-refractivity contribution in [1.29, 1.82) is 0 Å². The van der Waals surface area contributed by atoms with Crippen molar-refractivity contribution < 1.29 is 14.7 Å². The summed E-state index contributed by atoms with van der Waals surface area (Å²) in [5.41, 5.74) is 6.98. The van der Waals surface area contributed by atoms with Crippen molar-refractivity contribution in [3.8, 4) is 0 Å². The average molecular weight is 354 g/mol. The summed E-state index contributed by atoms with van der Waals surface area (Å²) < 4.78 is 0.783. The molecule has 1 aromatic carbocycles. The van der Waals surface area contributed by atoms with Gasteiger partial charge in [-0.15, -0.1) is 0 Å². The van der Waals surface area contributed by atoms with Gasteiger partial charge < -0.3 is 21.1 Å². The molecule has 1 fully saturated rings. The molecular weight excluding hydrogens is 338 g/mol. The standard InChI is InChI=1S/C14H16BrN3O3/c1-14(13(16)21)2-3-18(6-14)10-5-9-7(4-8(10)15)11(19)12(20)17-9/h4-5,11,19H,2-3,6H2,1H3,(H2,16,21)(H,17,20). The third-order valence-corrected chi connectivity index (χ3v) is 4.96. The highest BCUT2D eigenvalue weighted by Crippen LogP contribution is 2.42. The summed E-state index contributed by atoms with van der Waals surface area (Å²) in [6, 6.07) is 3.56. The molecule has 2 aliphatic rings. The zero-order chi connectivity index (χ0) is 15.4. The molecule has 6 nitrogen and oxygen atoms in total. The molecule has 0 saturated carbocycles. The number of amides is 2. The summed E-state index contributed by atoms with van der Waals surface area (Å²) in [5.74, 6) is -0.719. The van der Waals surface area contributed by atoms with E-state index in [1.807, 2.05) is 13.0 Å². The first-order valence-electron chi connectivity index (χ1n) is 6.69. The highest BCUT2D eigenvalue weighted by molar-refractivity contribution is 9.10. The fraction of sp³-hybridized carbons (Fsp3) is 0.429. The predicted molar refractivity (Wildman–Crippen MR) is 81.9 cm³/mol. The van der Waals surface area contributed by atoms with E-state index in [0.717, 1.165) is 10.2 Å². The van der Waals surface area contributed by atoms with Gasteiger partial charge in [0.2, 0.25) is 5.91 Å². The van der Waals surface area contributed by atoms with E-state index in [9.17, 15) is 14.7 Å². The van der Waals surface area contributed by atoms with Crippen molar-refractivity contribution in [2.24, 2.45) is 11.1 Å². The van der Waals surface area contributed by atoms with Crippen LogP contribution in [0.1, 0.15) is 25.0 Å². The van der Waals surface area contributed by atoms with E-state index >= 15 is 0 Å². The number of carbonyl (C=O) groups is 2. The van der Waals surface area contributed by atoms with Crippen LogP contribution < -0.4 is 16.0 Å². The Hall–Kier alpha value is -1.60. The van der Waals surface area contributed by atoms with Crippen molar-refractivity contribution >= 4 is 39.1 Å². The number of aliphatic hydroxyl groups is 1. The minimum absolute atomic E-state index is 0.300. The molecule has 4 N–H and O–H groups in total. The van der Waals surface area contributed by atoms with E-state index < -0.39 is 17.4 Å². The lowest BCUT2D eigenvalue weighted by molar-refractivity contribution is -0.125. The SMILES string of the molecule is CC1(C(N)=O)CCN(c2cc3c(cc2Br)C(O)C(=O)N3)C1. The number of fused-ring (bicyclic) bond motifs is 1. The van der Waals surface area contributed by atoms with Crippen LogP contribution in [0.4, 0.5) is 11.4 Å². The number of benzene rings is 1. The molecule has 0 bridgehead atoms. The number of hydrogen-bond acceptors (Lipinski definition) is 4. The maximum atomic E-state index is 11.6. The van der Waals surface area contributed by atoms with Gasteiger partial charge in [-0.2, -0.15) is 0 Å². The van der Waals surface area contributed by atoms with Crippen molar-refractivity contribution in [3.05, 3.63) is 22.2 Å². The van der Waals surface area contributed by atoms with Gasteiger partial charge in [0.05, 0.1) is 11.1 Å². The van der Waals surface area contributed by atoms with Gasteiger partial charge in [0.15, 0.2) is 6.10 Å². The van der Waals surface area contributed by atoms with Crippen LogP contribution >= 0.6 is 15.9 Å². The molecule has 2 aliphatic heterocycles. The number of nitrogens with zero attached hydrogens (tertiary/aromatic N) is 1. The second-order valence-electron chi connectivity index (χ2n) is 5.88. The third kappa shape index (κ3) is 2.20. The predicted octanol–water partition coefficient (Wildman–Crippen LogP) is 1.14. The lowest BCUT2D eigenvalue weighted by atomic mass is 9.89. The summed E-state index contributed by atoms with van der Waals surface area (Å²) >= 11 is 3.47. The molecular formula is C14H16BrN3O3. The lowest BCUT2D eigenvalue weighted by Gasteiger charge is -2.24. The van der Waals surface area contributed by atoms with Gasteiger partial charge in [-0.3, -0.25) is 9.59 Å². The number of primary amides is 1. The fourth-order valence-corrected chi connectivity index (χ4v) is 3.48. The molecule has 0 spiro atoms. The Bertz CT molecular complexity index is 649. The maximum absolute atomic E-state index is 11.6. The molecule has 0 aromatic heterocycles. The third-order valence-electron chi connectivity index (χ3n) is 4.33. The van der Waals surface area contributed by atoms with Crippen LogP contribution in [0.15, 0.2) is 16.6 Å².